The van der Waals surface area contributed by atoms with Crippen molar-refractivity contribution >= 4 is 5.97 Å². The average Bonchev–Trinajstić information content (AvgIpc) is 2.05. The summed E-state index contributed by atoms with van der Waals surface area (Å²) in [5.74, 6) is -0.739. The zero-order valence-corrected chi connectivity index (χ0v) is 8.26. The van der Waals surface area contributed by atoms with Gasteiger partial charge in [0.05, 0.1) is 18.6 Å². The Hall–Kier alpha value is -0.570. The molecule has 0 radical (unpaired) electrons. The molecule has 2 unspecified atom stereocenters. The van der Waals surface area contributed by atoms with E-state index < -0.39 is 11.5 Å². The summed E-state index contributed by atoms with van der Waals surface area (Å²) in [6, 6.07) is 0. The van der Waals surface area contributed by atoms with Crippen molar-refractivity contribution in [3.05, 3.63) is 0 Å². The van der Waals surface area contributed by atoms with Gasteiger partial charge in [-0.15, -0.1) is 0 Å². The van der Waals surface area contributed by atoms with Gasteiger partial charge in [0, 0.05) is 0 Å². The Labute approximate surface area is 73.7 Å². The maximum atomic E-state index is 11.2. The highest BCUT2D eigenvalue weighted by atomic mass is 16.5. The summed E-state index contributed by atoms with van der Waals surface area (Å²) in [5.41, 5.74) is -0.943. The van der Waals surface area contributed by atoms with Gasteiger partial charge in [-0.3, -0.25) is 4.79 Å². The molecule has 0 aromatic carbocycles. The summed E-state index contributed by atoms with van der Waals surface area (Å²) in [6.45, 7) is 5.38. The van der Waals surface area contributed by atoms with Crippen LogP contribution in [0, 0.1) is 5.92 Å². The van der Waals surface area contributed by atoms with Gasteiger partial charge in [0.2, 0.25) is 0 Å². The van der Waals surface area contributed by atoms with Gasteiger partial charge in [0.1, 0.15) is 0 Å². The normalized spacial score (nSPS) is 18.1. The van der Waals surface area contributed by atoms with Crippen molar-refractivity contribution in [3.63, 3.8) is 0 Å². The minimum absolute atomic E-state index is 0.329. The predicted molar refractivity (Wildman–Crippen MR) is 46.7 cm³/mol. The first-order chi connectivity index (χ1) is 5.49. The maximum Gasteiger partial charge on any atom is 0.311 e. The molecule has 2 atom stereocenters. The second-order valence-electron chi connectivity index (χ2n) is 3.19. The Balaban J connectivity index is 4.43. The largest absolute Gasteiger partial charge is 0.469 e. The molecule has 0 heterocycles. The van der Waals surface area contributed by atoms with Crippen molar-refractivity contribution in [2.75, 3.05) is 7.11 Å². The fourth-order valence-corrected chi connectivity index (χ4v) is 1.25. The van der Waals surface area contributed by atoms with Crippen molar-refractivity contribution in [2.45, 2.75) is 39.2 Å². The van der Waals surface area contributed by atoms with Gasteiger partial charge in [-0.2, -0.15) is 0 Å². The van der Waals surface area contributed by atoms with Gasteiger partial charge in [-0.25, -0.2) is 0 Å². The summed E-state index contributed by atoms with van der Waals surface area (Å²) in [6.07, 6.45) is 1.16. The molecular formula is C9H18O3. The van der Waals surface area contributed by atoms with Crippen molar-refractivity contribution < 1.29 is 14.6 Å². The molecule has 0 rings (SSSR count). The monoisotopic (exact) mass is 174 g/mol. The molecule has 1 N–H and O–H groups in total. The van der Waals surface area contributed by atoms with Crippen molar-refractivity contribution in [2.24, 2.45) is 5.92 Å². The Morgan fingerprint density at radius 2 is 2.08 bits per heavy atom. The van der Waals surface area contributed by atoms with Crippen LogP contribution in [0.5, 0.6) is 0 Å². The number of hydrogen-bond acceptors (Lipinski definition) is 3. The minimum Gasteiger partial charge on any atom is -0.469 e. The lowest BCUT2D eigenvalue weighted by Crippen LogP contribution is -2.39. The van der Waals surface area contributed by atoms with E-state index in [1.54, 1.807) is 6.92 Å². The highest BCUT2D eigenvalue weighted by Gasteiger charge is 2.34. The molecule has 12 heavy (non-hydrogen) atoms. The van der Waals surface area contributed by atoms with Gasteiger partial charge < -0.3 is 9.84 Å². The van der Waals surface area contributed by atoms with Crippen molar-refractivity contribution in [3.8, 4) is 0 Å². The first-order valence-electron chi connectivity index (χ1n) is 4.29. The van der Waals surface area contributed by atoms with Crippen LogP contribution in [0.4, 0.5) is 0 Å². The van der Waals surface area contributed by atoms with Crippen LogP contribution in [0.15, 0.2) is 0 Å². The lowest BCUT2D eigenvalue weighted by atomic mass is 9.85. The molecule has 0 amide bonds. The topological polar surface area (TPSA) is 46.5 Å². The average molecular weight is 174 g/mol. The fraction of sp³-hybridized carbons (Fsp3) is 0.889. The molecule has 0 aromatic rings. The molecule has 0 saturated heterocycles. The van der Waals surface area contributed by atoms with E-state index in [0.29, 0.717) is 12.8 Å². The second-order valence-corrected chi connectivity index (χ2v) is 3.19. The van der Waals surface area contributed by atoms with Crippen LogP contribution in [0.1, 0.15) is 33.6 Å². The van der Waals surface area contributed by atoms with E-state index in [1.165, 1.54) is 7.11 Å². The molecule has 0 aromatic heterocycles. The van der Waals surface area contributed by atoms with Crippen LogP contribution in [-0.2, 0) is 9.53 Å². The van der Waals surface area contributed by atoms with Crippen LogP contribution >= 0.6 is 0 Å². The van der Waals surface area contributed by atoms with E-state index in [9.17, 15) is 9.90 Å². The Bertz CT molecular complexity index is 152. The quantitative estimate of drug-likeness (QED) is 0.654. The Morgan fingerprint density at radius 1 is 1.58 bits per heavy atom. The molecule has 0 saturated carbocycles. The Morgan fingerprint density at radius 3 is 2.33 bits per heavy atom. The first kappa shape index (κ1) is 11.4. The lowest BCUT2D eigenvalue weighted by molar-refractivity contribution is -0.155. The summed E-state index contributed by atoms with van der Waals surface area (Å²) in [5, 5.41) is 9.78. The number of carbonyl (C=O) groups excluding carboxylic acids is 1. The number of rotatable bonds is 4. The van der Waals surface area contributed by atoms with Crippen LogP contribution in [0.3, 0.4) is 0 Å². The third-order valence-electron chi connectivity index (χ3n) is 2.36. The number of methoxy groups -OCH3 is 1. The maximum absolute atomic E-state index is 11.2. The zero-order chi connectivity index (χ0) is 9.78. The van der Waals surface area contributed by atoms with Crippen LogP contribution in [-0.4, -0.2) is 23.8 Å². The lowest BCUT2D eigenvalue weighted by Gasteiger charge is -2.28. The van der Waals surface area contributed by atoms with Gasteiger partial charge in [0.25, 0.3) is 0 Å². The van der Waals surface area contributed by atoms with Gasteiger partial charge in [-0.1, -0.05) is 13.8 Å². The number of hydrogen-bond donors (Lipinski definition) is 1. The highest BCUT2D eigenvalue weighted by molar-refractivity contribution is 5.73. The minimum atomic E-state index is -0.943. The molecule has 0 bridgehead atoms. The zero-order valence-electron chi connectivity index (χ0n) is 8.26. The van der Waals surface area contributed by atoms with E-state index in [2.05, 4.69) is 4.74 Å². The first-order valence-corrected chi connectivity index (χ1v) is 4.29. The van der Waals surface area contributed by atoms with Crippen molar-refractivity contribution in [1.29, 1.82) is 0 Å². The van der Waals surface area contributed by atoms with E-state index in [1.807, 2.05) is 13.8 Å². The SMILES string of the molecule is CCC(C(=O)OC)C(C)(O)CC. The summed E-state index contributed by atoms with van der Waals surface area (Å²) in [7, 11) is 1.34. The molecule has 0 aliphatic carbocycles. The molecule has 72 valence electrons. The van der Waals surface area contributed by atoms with Crippen LogP contribution in [0.25, 0.3) is 0 Å². The van der Waals surface area contributed by atoms with Crippen molar-refractivity contribution in [1.82, 2.24) is 0 Å². The summed E-state index contributed by atoms with van der Waals surface area (Å²) in [4.78, 5) is 11.2. The molecular weight excluding hydrogens is 156 g/mol. The highest BCUT2D eigenvalue weighted by Crippen LogP contribution is 2.24. The van der Waals surface area contributed by atoms with Crippen LogP contribution < -0.4 is 0 Å². The number of esters is 1. The standard InChI is InChI=1S/C9H18O3/c1-5-7(8(10)12-4)9(3,11)6-2/h7,11H,5-6H2,1-4H3. The Kier molecular flexibility index (Phi) is 4.24. The summed E-state index contributed by atoms with van der Waals surface area (Å²) < 4.78 is 4.59. The van der Waals surface area contributed by atoms with E-state index in [4.69, 9.17) is 0 Å². The van der Waals surface area contributed by atoms with E-state index >= 15 is 0 Å². The number of aliphatic hydroxyl groups is 1. The predicted octanol–water partition coefficient (Wildman–Crippen LogP) is 1.35. The van der Waals surface area contributed by atoms with E-state index in [0.717, 1.165) is 0 Å². The van der Waals surface area contributed by atoms with Gasteiger partial charge in [0.15, 0.2) is 0 Å². The number of ether oxygens (including phenoxy) is 1. The molecule has 3 nitrogen and oxygen atoms in total. The smallest absolute Gasteiger partial charge is 0.311 e. The van der Waals surface area contributed by atoms with E-state index in [-0.39, 0.29) is 5.97 Å². The second kappa shape index (κ2) is 4.45. The third-order valence-corrected chi connectivity index (χ3v) is 2.36. The molecule has 0 aliphatic heterocycles. The molecule has 0 spiro atoms. The summed E-state index contributed by atoms with van der Waals surface area (Å²) >= 11 is 0. The molecule has 0 aliphatic rings. The van der Waals surface area contributed by atoms with Crippen LogP contribution in [0.2, 0.25) is 0 Å². The third kappa shape index (κ3) is 2.48. The molecule has 0 fully saturated rings. The van der Waals surface area contributed by atoms with Gasteiger partial charge in [-0.05, 0) is 19.8 Å². The molecule has 3 heteroatoms. The number of carbonyl (C=O) groups is 1. The van der Waals surface area contributed by atoms with Gasteiger partial charge >= 0.3 is 5.97 Å². The fourth-order valence-electron chi connectivity index (χ4n) is 1.25.